The Labute approximate surface area is 142 Å². The fourth-order valence-electron chi connectivity index (χ4n) is 3.27. The van der Waals surface area contributed by atoms with Gasteiger partial charge in [0.05, 0.1) is 13.3 Å². The zero-order valence-corrected chi connectivity index (χ0v) is 14.4. The molecule has 1 aliphatic rings. The van der Waals surface area contributed by atoms with Gasteiger partial charge in [-0.25, -0.2) is 0 Å². The summed E-state index contributed by atoms with van der Waals surface area (Å²) in [5.74, 6) is 1.63. The first-order valence-corrected chi connectivity index (χ1v) is 8.38. The van der Waals surface area contributed by atoms with Crippen LogP contribution < -0.4 is 10.1 Å². The van der Waals surface area contributed by atoms with E-state index in [1.165, 1.54) is 0 Å². The largest absolute Gasteiger partial charge is 0.496 e. The van der Waals surface area contributed by atoms with E-state index in [1.54, 1.807) is 13.3 Å². The molecule has 1 aromatic carbocycles. The summed E-state index contributed by atoms with van der Waals surface area (Å²) in [5, 5.41) is 9.77. The van der Waals surface area contributed by atoms with Crippen LogP contribution in [0.4, 0.5) is 5.82 Å². The molecule has 0 saturated heterocycles. The first kappa shape index (κ1) is 16.5. The highest BCUT2D eigenvalue weighted by molar-refractivity contribution is 5.94. The van der Waals surface area contributed by atoms with Crippen molar-refractivity contribution in [1.82, 2.24) is 15.1 Å². The Bertz CT molecular complexity index is 722. The molecule has 1 amide bonds. The monoisotopic (exact) mass is 328 g/mol. The van der Waals surface area contributed by atoms with E-state index in [0.717, 1.165) is 42.1 Å². The number of fused-ring (bicyclic) bond motifs is 1. The number of rotatable bonds is 6. The molecule has 2 N–H and O–H groups in total. The Morgan fingerprint density at radius 2 is 2.12 bits per heavy atom. The zero-order chi connectivity index (χ0) is 17.1. The third-order valence-electron chi connectivity index (χ3n) is 4.69. The molecule has 3 rings (SSSR count). The number of carbonyl (C=O) groups excluding carboxylic acids is 1. The first-order chi connectivity index (χ1) is 11.7. The number of methoxy groups -OCH3 is 1. The van der Waals surface area contributed by atoms with Crippen molar-refractivity contribution in [3.05, 3.63) is 41.1 Å². The molecule has 0 spiro atoms. The molecule has 0 radical (unpaired) electrons. The highest BCUT2D eigenvalue weighted by atomic mass is 16.5. The number of aromatic amines is 1. The number of hydrogen-bond donors (Lipinski definition) is 2. The van der Waals surface area contributed by atoms with Gasteiger partial charge in [0.1, 0.15) is 11.6 Å². The van der Waals surface area contributed by atoms with Crippen molar-refractivity contribution in [2.24, 2.45) is 0 Å². The number of aromatic nitrogens is 2. The molecular formula is C18H24N4O2. The molecule has 2 heterocycles. The molecule has 0 unspecified atom stereocenters. The lowest BCUT2D eigenvalue weighted by Gasteiger charge is -2.24. The Balaban J connectivity index is 1.96. The van der Waals surface area contributed by atoms with Crippen LogP contribution in [0.1, 0.15) is 42.9 Å². The zero-order valence-electron chi connectivity index (χ0n) is 14.4. The molecule has 1 atom stereocenters. The molecule has 128 valence electrons. The number of H-pyrrole nitrogens is 1. The standard InChI is InChI=1S/C18H24N4O2/c1-4-22(5-2)11-13-8-12(6-7-16(13)24-3)14-9-17(23)20-18-15(14)10-19-21-18/h6-8,10,14H,4-5,9,11H2,1-3H3,(H2,19,20,21,23)/t14-/m0/s1. The van der Waals surface area contributed by atoms with Gasteiger partial charge < -0.3 is 10.1 Å². The van der Waals surface area contributed by atoms with Crippen molar-refractivity contribution in [2.45, 2.75) is 32.7 Å². The fraction of sp³-hybridized carbons (Fsp3) is 0.444. The van der Waals surface area contributed by atoms with Gasteiger partial charge in [0.15, 0.2) is 0 Å². The molecule has 0 bridgehead atoms. The van der Waals surface area contributed by atoms with Crippen LogP contribution in [0.3, 0.4) is 0 Å². The summed E-state index contributed by atoms with van der Waals surface area (Å²) >= 11 is 0. The van der Waals surface area contributed by atoms with Crippen LogP contribution in [0.2, 0.25) is 0 Å². The van der Waals surface area contributed by atoms with E-state index in [0.29, 0.717) is 12.2 Å². The van der Waals surface area contributed by atoms with Gasteiger partial charge in [-0.05, 0) is 24.7 Å². The lowest BCUT2D eigenvalue weighted by Crippen LogP contribution is -2.24. The maximum atomic E-state index is 12.0. The van der Waals surface area contributed by atoms with Crippen LogP contribution in [0.15, 0.2) is 24.4 Å². The minimum atomic E-state index is 0.0119. The highest BCUT2D eigenvalue weighted by Gasteiger charge is 2.28. The lowest BCUT2D eigenvalue weighted by atomic mass is 9.86. The second-order valence-electron chi connectivity index (χ2n) is 6.04. The summed E-state index contributed by atoms with van der Waals surface area (Å²) in [5.41, 5.74) is 3.30. The van der Waals surface area contributed by atoms with Gasteiger partial charge in [0.25, 0.3) is 0 Å². The van der Waals surface area contributed by atoms with Crippen LogP contribution in [-0.4, -0.2) is 41.2 Å². The van der Waals surface area contributed by atoms with Crippen molar-refractivity contribution in [3.63, 3.8) is 0 Å². The SMILES string of the molecule is CCN(CC)Cc1cc([C@@H]2CC(=O)Nc3[nH]ncc32)ccc1OC. The summed E-state index contributed by atoms with van der Waals surface area (Å²) in [6.45, 7) is 7.12. The van der Waals surface area contributed by atoms with Crippen LogP contribution in [0.25, 0.3) is 0 Å². The van der Waals surface area contributed by atoms with Crippen LogP contribution in [0, 0.1) is 0 Å². The second-order valence-corrected chi connectivity index (χ2v) is 6.04. The quantitative estimate of drug-likeness (QED) is 0.855. The first-order valence-electron chi connectivity index (χ1n) is 8.38. The molecule has 24 heavy (non-hydrogen) atoms. The predicted molar refractivity (Wildman–Crippen MR) is 93.3 cm³/mol. The number of nitrogens with one attached hydrogen (secondary N) is 2. The normalized spacial score (nSPS) is 16.8. The van der Waals surface area contributed by atoms with Crippen LogP contribution >= 0.6 is 0 Å². The van der Waals surface area contributed by atoms with Gasteiger partial charge in [-0.3, -0.25) is 14.8 Å². The Morgan fingerprint density at radius 1 is 1.33 bits per heavy atom. The van der Waals surface area contributed by atoms with Gasteiger partial charge in [-0.1, -0.05) is 26.0 Å². The Kier molecular flexibility index (Phi) is 4.85. The van der Waals surface area contributed by atoms with Crippen molar-refractivity contribution in [2.75, 3.05) is 25.5 Å². The van der Waals surface area contributed by atoms with E-state index in [9.17, 15) is 4.79 Å². The number of hydrogen-bond acceptors (Lipinski definition) is 4. The average Bonchev–Trinajstić information content (AvgIpc) is 3.06. The van der Waals surface area contributed by atoms with Crippen molar-refractivity contribution >= 4 is 11.7 Å². The van der Waals surface area contributed by atoms with E-state index >= 15 is 0 Å². The van der Waals surface area contributed by atoms with Gasteiger partial charge in [0, 0.05) is 30.0 Å². The van der Waals surface area contributed by atoms with Crippen molar-refractivity contribution in [3.8, 4) is 5.75 Å². The minimum absolute atomic E-state index is 0.0119. The molecule has 0 aliphatic carbocycles. The molecule has 0 fully saturated rings. The predicted octanol–water partition coefficient (Wildman–Crippen LogP) is 2.73. The summed E-state index contributed by atoms with van der Waals surface area (Å²) in [6, 6.07) is 6.21. The van der Waals surface area contributed by atoms with E-state index in [1.807, 2.05) is 12.1 Å². The minimum Gasteiger partial charge on any atom is -0.496 e. The number of amides is 1. The Morgan fingerprint density at radius 3 is 2.83 bits per heavy atom. The maximum Gasteiger partial charge on any atom is 0.226 e. The third kappa shape index (κ3) is 3.14. The molecule has 2 aromatic rings. The topological polar surface area (TPSA) is 70.2 Å². The summed E-state index contributed by atoms with van der Waals surface area (Å²) in [4.78, 5) is 14.3. The van der Waals surface area contributed by atoms with Crippen molar-refractivity contribution in [1.29, 1.82) is 0 Å². The van der Waals surface area contributed by atoms with Gasteiger partial charge >= 0.3 is 0 Å². The molecule has 6 heteroatoms. The maximum absolute atomic E-state index is 12.0. The molecule has 6 nitrogen and oxygen atoms in total. The van der Waals surface area contributed by atoms with Crippen molar-refractivity contribution < 1.29 is 9.53 Å². The number of carbonyl (C=O) groups is 1. The molecule has 1 aromatic heterocycles. The summed E-state index contributed by atoms with van der Waals surface area (Å²) in [7, 11) is 1.70. The van der Waals surface area contributed by atoms with Crippen LogP contribution in [-0.2, 0) is 11.3 Å². The average molecular weight is 328 g/mol. The third-order valence-corrected chi connectivity index (χ3v) is 4.69. The van der Waals surface area contributed by atoms with Gasteiger partial charge in [0.2, 0.25) is 5.91 Å². The lowest BCUT2D eigenvalue weighted by molar-refractivity contribution is -0.116. The highest BCUT2D eigenvalue weighted by Crippen LogP contribution is 2.37. The summed E-state index contributed by atoms with van der Waals surface area (Å²) in [6.07, 6.45) is 2.23. The van der Waals surface area contributed by atoms with Gasteiger partial charge in [-0.15, -0.1) is 0 Å². The van der Waals surface area contributed by atoms with E-state index in [4.69, 9.17) is 4.74 Å². The number of ether oxygens (including phenoxy) is 1. The molecule has 0 saturated carbocycles. The number of nitrogens with zero attached hydrogens (tertiary/aromatic N) is 2. The van der Waals surface area contributed by atoms with E-state index < -0.39 is 0 Å². The van der Waals surface area contributed by atoms with Gasteiger partial charge in [-0.2, -0.15) is 5.10 Å². The number of anilines is 1. The Hall–Kier alpha value is -2.34. The molecular weight excluding hydrogens is 304 g/mol. The van der Waals surface area contributed by atoms with Crippen LogP contribution in [0.5, 0.6) is 5.75 Å². The number of benzene rings is 1. The smallest absolute Gasteiger partial charge is 0.226 e. The fourth-order valence-corrected chi connectivity index (χ4v) is 3.27. The summed E-state index contributed by atoms with van der Waals surface area (Å²) < 4.78 is 5.53. The molecule has 1 aliphatic heterocycles. The van der Waals surface area contributed by atoms with E-state index in [-0.39, 0.29) is 11.8 Å². The second kappa shape index (κ2) is 7.05. The van der Waals surface area contributed by atoms with E-state index in [2.05, 4.69) is 40.3 Å².